The van der Waals surface area contributed by atoms with Gasteiger partial charge in [-0.15, -0.1) is 0 Å². The number of piperazine rings is 1. The van der Waals surface area contributed by atoms with Gasteiger partial charge in [-0.2, -0.15) is 0 Å². The van der Waals surface area contributed by atoms with E-state index in [1.165, 1.54) is 0 Å². The van der Waals surface area contributed by atoms with E-state index in [9.17, 15) is 19.2 Å². The lowest BCUT2D eigenvalue weighted by molar-refractivity contribution is -0.136. The number of hydrogen-bond acceptors (Lipinski definition) is 7. The van der Waals surface area contributed by atoms with E-state index >= 15 is 0 Å². The van der Waals surface area contributed by atoms with Crippen molar-refractivity contribution in [1.29, 1.82) is 0 Å². The van der Waals surface area contributed by atoms with Crippen LogP contribution in [0.5, 0.6) is 0 Å². The summed E-state index contributed by atoms with van der Waals surface area (Å²) in [5.74, 6) is -1.90. The summed E-state index contributed by atoms with van der Waals surface area (Å²) in [6.45, 7) is 3.54. The molecule has 3 aliphatic rings. The van der Waals surface area contributed by atoms with Crippen LogP contribution in [0, 0.1) is 0 Å². The summed E-state index contributed by atoms with van der Waals surface area (Å²) >= 11 is 1.72. The van der Waals surface area contributed by atoms with Crippen LogP contribution in [0.2, 0.25) is 0 Å². The Kier molecular flexibility index (Phi) is 4.65. The minimum absolute atomic E-state index is 0.120. The van der Waals surface area contributed by atoms with Crippen molar-refractivity contribution in [2.24, 2.45) is 0 Å². The van der Waals surface area contributed by atoms with Crippen LogP contribution in [0.15, 0.2) is 18.2 Å². The number of anilines is 1. The number of benzene rings is 1. The van der Waals surface area contributed by atoms with E-state index in [4.69, 9.17) is 0 Å². The highest BCUT2D eigenvalue weighted by Gasteiger charge is 2.44. The number of carbonyl (C=O) groups excluding carboxylic acids is 4. The first-order valence-corrected chi connectivity index (χ1v) is 10.1. The number of amides is 4. The van der Waals surface area contributed by atoms with E-state index in [1.807, 2.05) is 6.07 Å². The lowest BCUT2D eigenvalue weighted by atomic mass is 10.0. The van der Waals surface area contributed by atoms with E-state index in [2.05, 4.69) is 20.8 Å². The number of carbonyl (C=O) groups is 4. The fourth-order valence-corrected chi connectivity index (χ4v) is 4.31. The highest BCUT2D eigenvalue weighted by Crippen LogP contribution is 2.31. The van der Waals surface area contributed by atoms with Gasteiger partial charge in [0.25, 0.3) is 11.8 Å². The Balaban J connectivity index is 1.57. The van der Waals surface area contributed by atoms with Gasteiger partial charge in [-0.1, -0.05) is 11.9 Å². The van der Waals surface area contributed by atoms with Crippen molar-refractivity contribution in [1.82, 2.24) is 14.5 Å². The lowest BCUT2D eigenvalue weighted by Gasteiger charge is -2.34. The standard InChI is InChI=1S/C18H20N4O4S/c1-27-21-8-6-20(7-9-21)11-2-3-12-13(10-11)18(26)22(17(12)25)14-4-5-15(23)19-16(14)24/h2-3,10,14H,4-9H2,1H3,(H,19,23,24). The van der Waals surface area contributed by atoms with E-state index in [0.717, 1.165) is 36.8 Å². The van der Waals surface area contributed by atoms with Gasteiger partial charge >= 0.3 is 0 Å². The van der Waals surface area contributed by atoms with Crippen LogP contribution in [0.1, 0.15) is 33.6 Å². The van der Waals surface area contributed by atoms with Crippen LogP contribution in [0.3, 0.4) is 0 Å². The van der Waals surface area contributed by atoms with Crippen molar-refractivity contribution >= 4 is 41.3 Å². The summed E-state index contributed by atoms with van der Waals surface area (Å²) in [6.07, 6.45) is 2.34. The van der Waals surface area contributed by atoms with E-state index in [0.29, 0.717) is 11.1 Å². The molecule has 1 aromatic carbocycles. The number of hydrogen-bond donors (Lipinski definition) is 1. The molecule has 0 bridgehead atoms. The second kappa shape index (κ2) is 6.97. The minimum Gasteiger partial charge on any atom is -0.369 e. The first-order valence-electron chi connectivity index (χ1n) is 8.89. The number of nitrogens with one attached hydrogen (secondary N) is 1. The van der Waals surface area contributed by atoms with Crippen LogP contribution >= 0.6 is 11.9 Å². The molecular weight excluding hydrogens is 368 g/mol. The van der Waals surface area contributed by atoms with Crippen molar-refractivity contribution in [2.75, 3.05) is 37.3 Å². The first-order chi connectivity index (χ1) is 13.0. The molecule has 0 saturated carbocycles. The topological polar surface area (TPSA) is 90.0 Å². The van der Waals surface area contributed by atoms with Crippen LogP contribution < -0.4 is 10.2 Å². The molecule has 0 aromatic heterocycles. The summed E-state index contributed by atoms with van der Waals surface area (Å²) in [5.41, 5.74) is 1.55. The van der Waals surface area contributed by atoms with Gasteiger partial charge in [0.05, 0.1) is 11.1 Å². The third-order valence-electron chi connectivity index (χ3n) is 5.29. The Morgan fingerprint density at radius 3 is 2.37 bits per heavy atom. The van der Waals surface area contributed by atoms with Crippen molar-refractivity contribution in [2.45, 2.75) is 18.9 Å². The third kappa shape index (κ3) is 3.10. The van der Waals surface area contributed by atoms with E-state index in [1.54, 1.807) is 24.1 Å². The summed E-state index contributed by atoms with van der Waals surface area (Å²) in [4.78, 5) is 52.3. The Bertz CT molecular complexity index is 835. The molecule has 0 aliphatic carbocycles. The molecule has 1 N–H and O–H groups in total. The summed E-state index contributed by atoms with van der Waals surface area (Å²) in [5, 5.41) is 2.21. The highest BCUT2D eigenvalue weighted by atomic mass is 32.2. The van der Waals surface area contributed by atoms with Crippen LogP contribution in [-0.2, 0) is 9.59 Å². The molecule has 3 heterocycles. The number of nitrogens with zero attached hydrogens (tertiary/aromatic N) is 3. The van der Waals surface area contributed by atoms with Crippen LogP contribution in [0.25, 0.3) is 0 Å². The SMILES string of the molecule is CSN1CCN(c2ccc3c(c2)C(=O)N(C2CCC(=O)NC2=O)C3=O)CC1. The predicted molar refractivity (Wildman–Crippen MR) is 100 cm³/mol. The summed E-state index contributed by atoms with van der Waals surface area (Å²) in [6, 6.07) is 4.34. The average molecular weight is 388 g/mol. The maximum absolute atomic E-state index is 12.9. The van der Waals surface area contributed by atoms with Gasteiger partial charge in [-0.3, -0.25) is 29.4 Å². The first kappa shape index (κ1) is 18.0. The van der Waals surface area contributed by atoms with Gasteiger partial charge in [0.2, 0.25) is 11.8 Å². The molecule has 0 spiro atoms. The maximum Gasteiger partial charge on any atom is 0.262 e. The van der Waals surface area contributed by atoms with E-state index < -0.39 is 23.8 Å². The Labute approximate surface area is 161 Å². The number of imide groups is 2. The molecule has 27 heavy (non-hydrogen) atoms. The smallest absolute Gasteiger partial charge is 0.262 e. The molecular formula is C18H20N4O4S. The zero-order valence-electron chi connectivity index (χ0n) is 14.9. The molecule has 4 amide bonds. The number of piperidine rings is 1. The van der Waals surface area contributed by atoms with Crippen molar-refractivity contribution in [3.05, 3.63) is 29.3 Å². The predicted octanol–water partition coefficient (Wildman–Crippen LogP) is 0.488. The maximum atomic E-state index is 12.9. The fourth-order valence-electron chi connectivity index (χ4n) is 3.78. The van der Waals surface area contributed by atoms with E-state index in [-0.39, 0.29) is 18.7 Å². The monoisotopic (exact) mass is 388 g/mol. The molecule has 4 rings (SSSR count). The second-order valence-corrected chi connectivity index (χ2v) is 7.66. The third-order valence-corrected chi connectivity index (χ3v) is 6.17. The molecule has 8 nitrogen and oxygen atoms in total. The summed E-state index contributed by atoms with van der Waals surface area (Å²) < 4.78 is 2.28. The molecule has 0 radical (unpaired) electrons. The van der Waals surface area contributed by atoms with Gasteiger partial charge in [0.1, 0.15) is 6.04 Å². The Hall–Kier alpha value is -2.39. The number of fused-ring (bicyclic) bond motifs is 1. The molecule has 2 saturated heterocycles. The molecule has 142 valence electrons. The molecule has 9 heteroatoms. The molecule has 1 unspecified atom stereocenters. The van der Waals surface area contributed by atoms with Gasteiger partial charge in [0, 0.05) is 38.3 Å². The van der Waals surface area contributed by atoms with Gasteiger partial charge in [0.15, 0.2) is 0 Å². The quantitative estimate of drug-likeness (QED) is 0.595. The zero-order valence-corrected chi connectivity index (χ0v) is 15.8. The largest absolute Gasteiger partial charge is 0.369 e. The normalized spacial score (nSPS) is 23.7. The summed E-state index contributed by atoms with van der Waals surface area (Å²) in [7, 11) is 0. The Morgan fingerprint density at radius 2 is 1.70 bits per heavy atom. The minimum atomic E-state index is -0.927. The highest BCUT2D eigenvalue weighted by molar-refractivity contribution is 7.96. The number of rotatable bonds is 3. The fraction of sp³-hybridized carbons (Fsp3) is 0.444. The van der Waals surface area contributed by atoms with Crippen molar-refractivity contribution < 1.29 is 19.2 Å². The average Bonchev–Trinajstić information content (AvgIpc) is 2.92. The molecule has 2 fully saturated rings. The van der Waals surface area contributed by atoms with Crippen LogP contribution in [-0.4, -0.2) is 71.3 Å². The van der Waals surface area contributed by atoms with Gasteiger partial charge in [-0.25, -0.2) is 4.31 Å². The Morgan fingerprint density at radius 1 is 1.00 bits per heavy atom. The second-order valence-electron chi connectivity index (χ2n) is 6.78. The van der Waals surface area contributed by atoms with Gasteiger partial charge in [-0.05, 0) is 30.9 Å². The lowest BCUT2D eigenvalue weighted by Crippen LogP contribution is -2.54. The van der Waals surface area contributed by atoms with Crippen molar-refractivity contribution in [3.63, 3.8) is 0 Å². The van der Waals surface area contributed by atoms with Gasteiger partial charge < -0.3 is 4.90 Å². The van der Waals surface area contributed by atoms with Crippen LogP contribution in [0.4, 0.5) is 5.69 Å². The zero-order chi connectivity index (χ0) is 19.1. The molecule has 1 atom stereocenters. The molecule has 1 aromatic rings. The van der Waals surface area contributed by atoms with Crippen molar-refractivity contribution in [3.8, 4) is 0 Å². The molecule has 3 aliphatic heterocycles.